The van der Waals surface area contributed by atoms with E-state index in [1.807, 2.05) is 0 Å². The van der Waals surface area contributed by atoms with Crippen molar-refractivity contribution in [3.63, 3.8) is 0 Å². The molecule has 1 aliphatic rings. The van der Waals surface area contributed by atoms with Gasteiger partial charge >= 0.3 is 0 Å². The molecule has 0 radical (unpaired) electrons. The Morgan fingerprint density at radius 3 is 2.24 bits per heavy atom. The molecule has 1 fully saturated rings. The third-order valence-electron chi connectivity index (χ3n) is 4.10. The fourth-order valence-electron chi connectivity index (χ4n) is 2.83. The number of hydrogen-bond donors (Lipinski definition) is 0. The third kappa shape index (κ3) is 5.39. The van der Waals surface area contributed by atoms with Crippen LogP contribution in [0.5, 0.6) is 0 Å². The van der Waals surface area contributed by atoms with E-state index < -0.39 is 0 Å². The van der Waals surface area contributed by atoms with E-state index in [2.05, 4.69) is 44.5 Å². The standard InChI is InChI=1S/C15H32N2/c1-6-14(4)12-16(5)15-7-9-17(10-8-15)11-13(2)3/h13-15H,6-12H2,1-5H3. The number of nitrogens with zero attached hydrogens (tertiary/aromatic N) is 2. The Morgan fingerprint density at radius 2 is 1.76 bits per heavy atom. The topological polar surface area (TPSA) is 6.48 Å². The molecule has 0 amide bonds. The van der Waals surface area contributed by atoms with Crippen molar-refractivity contribution in [1.82, 2.24) is 9.80 Å². The number of hydrogen-bond acceptors (Lipinski definition) is 2. The molecule has 1 heterocycles. The summed E-state index contributed by atoms with van der Waals surface area (Å²) in [6.07, 6.45) is 4.02. The predicted molar refractivity (Wildman–Crippen MR) is 76.4 cm³/mol. The first-order chi connectivity index (χ1) is 8.02. The number of rotatable bonds is 6. The number of piperidine rings is 1. The van der Waals surface area contributed by atoms with Gasteiger partial charge in [-0.2, -0.15) is 0 Å². The van der Waals surface area contributed by atoms with Gasteiger partial charge in [0.1, 0.15) is 0 Å². The second-order valence-electron chi connectivity index (χ2n) is 6.38. The summed E-state index contributed by atoms with van der Waals surface area (Å²) in [4.78, 5) is 5.24. The van der Waals surface area contributed by atoms with Crippen LogP contribution < -0.4 is 0 Å². The minimum absolute atomic E-state index is 0.810. The summed E-state index contributed by atoms with van der Waals surface area (Å²) >= 11 is 0. The van der Waals surface area contributed by atoms with Gasteiger partial charge in [-0.05, 0) is 44.8 Å². The summed E-state index contributed by atoms with van der Waals surface area (Å²) in [5.74, 6) is 1.65. The highest BCUT2D eigenvalue weighted by Gasteiger charge is 2.23. The van der Waals surface area contributed by atoms with Crippen molar-refractivity contribution in [2.24, 2.45) is 11.8 Å². The largest absolute Gasteiger partial charge is 0.303 e. The highest BCUT2D eigenvalue weighted by atomic mass is 15.2. The molecule has 2 heteroatoms. The van der Waals surface area contributed by atoms with E-state index in [4.69, 9.17) is 0 Å². The van der Waals surface area contributed by atoms with Crippen molar-refractivity contribution < 1.29 is 0 Å². The van der Waals surface area contributed by atoms with E-state index in [0.717, 1.165) is 17.9 Å². The molecule has 0 bridgehead atoms. The minimum Gasteiger partial charge on any atom is -0.303 e. The molecule has 0 aromatic rings. The summed E-state index contributed by atoms with van der Waals surface area (Å²) in [5.41, 5.74) is 0. The normalized spacial score (nSPS) is 21.4. The lowest BCUT2D eigenvalue weighted by Crippen LogP contribution is -2.45. The van der Waals surface area contributed by atoms with Crippen LogP contribution in [0.15, 0.2) is 0 Å². The second-order valence-corrected chi connectivity index (χ2v) is 6.38. The Kier molecular flexibility index (Phi) is 6.50. The van der Waals surface area contributed by atoms with Gasteiger partial charge in [0.2, 0.25) is 0 Å². The van der Waals surface area contributed by atoms with Crippen LogP contribution in [0.2, 0.25) is 0 Å². The molecule has 0 aliphatic carbocycles. The fraction of sp³-hybridized carbons (Fsp3) is 1.00. The first-order valence-corrected chi connectivity index (χ1v) is 7.45. The molecule has 0 aromatic heterocycles. The molecule has 0 aromatic carbocycles. The van der Waals surface area contributed by atoms with E-state index >= 15 is 0 Å². The van der Waals surface area contributed by atoms with E-state index in [9.17, 15) is 0 Å². The van der Waals surface area contributed by atoms with Crippen LogP contribution >= 0.6 is 0 Å². The maximum Gasteiger partial charge on any atom is 0.0117 e. The zero-order valence-corrected chi connectivity index (χ0v) is 12.6. The Morgan fingerprint density at radius 1 is 1.18 bits per heavy atom. The van der Waals surface area contributed by atoms with Gasteiger partial charge < -0.3 is 9.80 Å². The molecule has 1 rings (SSSR count). The van der Waals surface area contributed by atoms with Crippen LogP contribution in [0.25, 0.3) is 0 Å². The Hall–Kier alpha value is -0.0800. The molecule has 1 atom stereocenters. The highest BCUT2D eigenvalue weighted by Crippen LogP contribution is 2.18. The highest BCUT2D eigenvalue weighted by molar-refractivity contribution is 4.79. The van der Waals surface area contributed by atoms with E-state index in [1.165, 1.54) is 45.4 Å². The predicted octanol–water partition coefficient (Wildman–Crippen LogP) is 3.08. The lowest BCUT2D eigenvalue weighted by Gasteiger charge is -2.38. The molecule has 102 valence electrons. The van der Waals surface area contributed by atoms with Crippen molar-refractivity contribution in [2.75, 3.05) is 33.2 Å². The van der Waals surface area contributed by atoms with Crippen molar-refractivity contribution in [2.45, 2.75) is 53.0 Å². The molecular weight excluding hydrogens is 208 g/mol. The Bertz CT molecular complexity index is 195. The van der Waals surface area contributed by atoms with Crippen molar-refractivity contribution in [1.29, 1.82) is 0 Å². The second kappa shape index (κ2) is 7.38. The Balaban J connectivity index is 2.26. The van der Waals surface area contributed by atoms with Gasteiger partial charge in [-0.3, -0.25) is 0 Å². The van der Waals surface area contributed by atoms with Gasteiger partial charge in [0.15, 0.2) is 0 Å². The monoisotopic (exact) mass is 240 g/mol. The first kappa shape index (κ1) is 15.0. The summed E-state index contributed by atoms with van der Waals surface area (Å²) in [5, 5.41) is 0. The third-order valence-corrected chi connectivity index (χ3v) is 4.10. The van der Waals surface area contributed by atoms with Crippen LogP contribution in [0.3, 0.4) is 0 Å². The average Bonchev–Trinajstić information content (AvgIpc) is 2.28. The summed E-state index contributed by atoms with van der Waals surface area (Å²) in [6, 6.07) is 0.826. The average molecular weight is 240 g/mol. The maximum absolute atomic E-state index is 2.64. The fourth-order valence-corrected chi connectivity index (χ4v) is 2.83. The zero-order chi connectivity index (χ0) is 12.8. The molecule has 0 N–H and O–H groups in total. The molecular formula is C15H32N2. The van der Waals surface area contributed by atoms with Crippen LogP contribution in [0.1, 0.15) is 47.0 Å². The maximum atomic E-state index is 2.64. The molecule has 0 saturated carbocycles. The molecule has 1 unspecified atom stereocenters. The van der Waals surface area contributed by atoms with Gasteiger partial charge in [-0.25, -0.2) is 0 Å². The van der Waals surface area contributed by atoms with E-state index in [0.29, 0.717) is 0 Å². The van der Waals surface area contributed by atoms with Crippen LogP contribution in [0.4, 0.5) is 0 Å². The van der Waals surface area contributed by atoms with Crippen molar-refractivity contribution in [3.05, 3.63) is 0 Å². The van der Waals surface area contributed by atoms with Gasteiger partial charge in [0, 0.05) is 19.1 Å². The zero-order valence-electron chi connectivity index (χ0n) is 12.6. The van der Waals surface area contributed by atoms with Gasteiger partial charge in [-0.15, -0.1) is 0 Å². The first-order valence-electron chi connectivity index (χ1n) is 7.45. The van der Waals surface area contributed by atoms with Crippen LogP contribution in [-0.2, 0) is 0 Å². The minimum atomic E-state index is 0.810. The summed E-state index contributed by atoms with van der Waals surface area (Å²) in [7, 11) is 2.31. The molecule has 2 nitrogen and oxygen atoms in total. The number of likely N-dealkylation sites (tertiary alicyclic amines) is 1. The van der Waals surface area contributed by atoms with Crippen LogP contribution in [-0.4, -0.2) is 49.1 Å². The van der Waals surface area contributed by atoms with Crippen molar-refractivity contribution >= 4 is 0 Å². The van der Waals surface area contributed by atoms with Gasteiger partial charge in [0.25, 0.3) is 0 Å². The van der Waals surface area contributed by atoms with E-state index in [1.54, 1.807) is 0 Å². The lowest BCUT2D eigenvalue weighted by atomic mass is 10.0. The van der Waals surface area contributed by atoms with Crippen molar-refractivity contribution in [3.8, 4) is 0 Å². The smallest absolute Gasteiger partial charge is 0.0117 e. The van der Waals surface area contributed by atoms with E-state index in [-0.39, 0.29) is 0 Å². The quantitative estimate of drug-likeness (QED) is 0.704. The van der Waals surface area contributed by atoms with Gasteiger partial charge in [-0.1, -0.05) is 34.1 Å². The Labute approximate surface area is 108 Å². The molecule has 1 aliphatic heterocycles. The SMILES string of the molecule is CCC(C)CN(C)C1CCN(CC(C)C)CC1. The van der Waals surface area contributed by atoms with Crippen LogP contribution in [0, 0.1) is 11.8 Å². The summed E-state index contributed by atoms with van der Waals surface area (Å²) in [6.45, 7) is 14.4. The van der Waals surface area contributed by atoms with Gasteiger partial charge in [0.05, 0.1) is 0 Å². The summed E-state index contributed by atoms with van der Waals surface area (Å²) < 4.78 is 0. The molecule has 17 heavy (non-hydrogen) atoms. The molecule has 0 spiro atoms. The lowest BCUT2D eigenvalue weighted by molar-refractivity contribution is 0.110. The molecule has 1 saturated heterocycles.